The maximum atomic E-state index is 7.89. The van der Waals surface area contributed by atoms with E-state index in [1.807, 2.05) is 0 Å². The van der Waals surface area contributed by atoms with Gasteiger partial charge in [0.2, 0.25) is 0 Å². The van der Waals surface area contributed by atoms with Crippen molar-refractivity contribution in [2.24, 2.45) is 0 Å². The zero-order valence-electron chi connectivity index (χ0n) is 3.21. The summed E-state index contributed by atoms with van der Waals surface area (Å²) in [6.45, 7) is 0. The monoisotopic (exact) mass is 144 g/mol. The van der Waals surface area contributed by atoms with Crippen LogP contribution in [0.25, 0.3) is 0 Å². The van der Waals surface area contributed by atoms with Gasteiger partial charge in [0.1, 0.15) is 0 Å². The molecule has 0 heterocycles. The van der Waals surface area contributed by atoms with E-state index in [9.17, 15) is 0 Å². The minimum absolute atomic E-state index is 1.18. The molecule has 0 rings (SSSR count). The van der Waals surface area contributed by atoms with E-state index in [1.54, 1.807) is 0 Å². The first-order valence-corrected chi connectivity index (χ1v) is 2.30. The van der Waals surface area contributed by atoms with E-state index < -0.39 is 12.3 Å². The SMILES string of the molecule is OB(O)OC(Cl)Cl. The van der Waals surface area contributed by atoms with Gasteiger partial charge >= 0.3 is 7.32 Å². The molecule has 0 aromatic carbocycles. The lowest BCUT2D eigenvalue weighted by Gasteiger charge is -1.98. The van der Waals surface area contributed by atoms with Crippen LogP contribution in [0.2, 0.25) is 0 Å². The van der Waals surface area contributed by atoms with E-state index in [2.05, 4.69) is 4.65 Å². The van der Waals surface area contributed by atoms with E-state index in [4.69, 9.17) is 33.2 Å². The second-order valence-corrected chi connectivity index (χ2v) is 1.74. The summed E-state index contributed by atoms with van der Waals surface area (Å²) in [5.74, 6) is 0. The van der Waals surface area contributed by atoms with Crippen LogP contribution < -0.4 is 0 Å². The van der Waals surface area contributed by atoms with Crippen LogP contribution in [0, 0.1) is 0 Å². The summed E-state index contributed by atoms with van der Waals surface area (Å²) < 4.78 is 3.89. The Balaban J connectivity index is 2.95. The number of halogens is 2. The van der Waals surface area contributed by atoms with E-state index in [0.29, 0.717) is 0 Å². The Morgan fingerprint density at radius 3 is 1.86 bits per heavy atom. The lowest BCUT2D eigenvalue weighted by Crippen LogP contribution is -2.18. The van der Waals surface area contributed by atoms with Crippen molar-refractivity contribution in [1.29, 1.82) is 0 Å². The highest BCUT2D eigenvalue weighted by Gasteiger charge is 2.11. The topological polar surface area (TPSA) is 49.7 Å². The van der Waals surface area contributed by atoms with Crippen LogP contribution in [0.4, 0.5) is 0 Å². The molecule has 0 unspecified atom stereocenters. The molecule has 0 spiro atoms. The molecule has 0 aromatic heterocycles. The molecule has 0 saturated heterocycles. The van der Waals surface area contributed by atoms with Crippen molar-refractivity contribution in [2.45, 2.75) is 5.02 Å². The maximum absolute atomic E-state index is 7.89. The molecular formula is CH3BCl2O3. The van der Waals surface area contributed by atoms with Gasteiger partial charge in [-0.25, -0.2) is 0 Å². The number of alkyl halides is 2. The zero-order valence-corrected chi connectivity index (χ0v) is 4.73. The van der Waals surface area contributed by atoms with Crippen molar-refractivity contribution < 1.29 is 14.7 Å². The molecule has 7 heavy (non-hydrogen) atoms. The highest BCUT2D eigenvalue weighted by atomic mass is 35.5. The molecule has 2 N–H and O–H groups in total. The molecule has 42 valence electrons. The van der Waals surface area contributed by atoms with Crippen LogP contribution in [0.3, 0.4) is 0 Å². The molecule has 0 aliphatic rings. The Labute approximate surface area is 51.0 Å². The van der Waals surface area contributed by atoms with Crippen molar-refractivity contribution in [3.8, 4) is 0 Å². The van der Waals surface area contributed by atoms with Crippen LogP contribution in [-0.4, -0.2) is 22.4 Å². The van der Waals surface area contributed by atoms with Gasteiger partial charge in [-0.2, -0.15) is 0 Å². The van der Waals surface area contributed by atoms with E-state index in [-0.39, 0.29) is 0 Å². The minimum Gasteiger partial charge on any atom is -0.402 e. The Hall–Kier alpha value is 0.525. The fraction of sp³-hybridized carbons (Fsp3) is 1.00. The average Bonchev–Trinajstić information content (AvgIpc) is 1.27. The first kappa shape index (κ1) is 7.52. The van der Waals surface area contributed by atoms with Gasteiger partial charge in [-0.3, -0.25) is 0 Å². The normalized spacial score (nSPS) is 9.86. The molecule has 0 atom stereocenters. The summed E-state index contributed by atoms with van der Waals surface area (Å²) >= 11 is 9.79. The van der Waals surface area contributed by atoms with Crippen molar-refractivity contribution in [2.75, 3.05) is 0 Å². The van der Waals surface area contributed by atoms with Gasteiger partial charge in [0.25, 0.3) is 0 Å². The Morgan fingerprint density at radius 1 is 1.43 bits per heavy atom. The van der Waals surface area contributed by atoms with Crippen molar-refractivity contribution in [3.63, 3.8) is 0 Å². The van der Waals surface area contributed by atoms with Crippen molar-refractivity contribution in [3.05, 3.63) is 0 Å². The van der Waals surface area contributed by atoms with Gasteiger partial charge in [-0.15, -0.1) is 0 Å². The smallest absolute Gasteiger partial charge is 0.402 e. The van der Waals surface area contributed by atoms with Crippen LogP contribution >= 0.6 is 23.2 Å². The Morgan fingerprint density at radius 2 is 1.86 bits per heavy atom. The van der Waals surface area contributed by atoms with Gasteiger partial charge in [0.05, 0.1) is 0 Å². The Kier molecular flexibility index (Phi) is 3.78. The molecule has 0 fully saturated rings. The standard InChI is InChI=1S/CH3BCl2O3/c3-1(4)7-2(5)6/h1,5-6H. The quantitative estimate of drug-likeness (QED) is 0.415. The molecule has 3 nitrogen and oxygen atoms in total. The third kappa shape index (κ3) is 6.52. The van der Waals surface area contributed by atoms with E-state index in [1.165, 1.54) is 0 Å². The van der Waals surface area contributed by atoms with Crippen LogP contribution in [0.1, 0.15) is 0 Å². The number of rotatable bonds is 2. The molecule has 0 radical (unpaired) electrons. The summed E-state index contributed by atoms with van der Waals surface area (Å²) in [7, 11) is -1.89. The van der Waals surface area contributed by atoms with Gasteiger partial charge in [-0.1, -0.05) is 23.2 Å². The number of hydrogen-bond donors (Lipinski definition) is 2. The number of hydrogen-bond acceptors (Lipinski definition) is 3. The predicted molar refractivity (Wildman–Crippen MR) is 26.8 cm³/mol. The van der Waals surface area contributed by atoms with Crippen LogP contribution in [-0.2, 0) is 4.65 Å². The van der Waals surface area contributed by atoms with Gasteiger partial charge < -0.3 is 14.7 Å². The lowest BCUT2D eigenvalue weighted by atomic mass is 10.3. The molecule has 0 aromatic rings. The first-order valence-electron chi connectivity index (χ1n) is 1.42. The van der Waals surface area contributed by atoms with Gasteiger partial charge in [0, 0.05) is 0 Å². The molecular weight excluding hydrogens is 142 g/mol. The predicted octanol–water partition coefficient (Wildman–Crippen LogP) is -0.266. The fourth-order valence-electron chi connectivity index (χ4n) is 0.0920. The lowest BCUT2D eigenvalue weighted by molar-refractivity contribution is 0.201. The largest absolute Gasteiger partial charge is 0.635 e. The fourth-order valence-corrected chi connectivity index (χ4v) is 0.276. The molecule has 0 aliphatic heterocycles. The first-order chi connectivity index (χ1) is 3.13. The van der Waals surface area contributed by atoms with Crippen LogP contribution in [0.5, 0.6) is 0 Å². The molecule has 0 bridgehead atoms. The average molecular weight is 145 g/mol. The maximum Gasteiger partial charge on any atom is 0.635 e. The summed E-state index contributed by atoms with van der Waals surface area (Å²) in [6, 6.07) is 0. The summed E-state index contributed by atoms with van der Waals surface area (Å²) in [4.78, 5) is 0. The summed E-state index contributed by atoms with van der Waals surface area (Å²) in [6.07, 6.45) is 0. The zero-order chi connectivity index (χ0) is 5.86. The van der Waals surface area contributed by atoms with E-state index >= 15 is 0 Å². The third-order valence-electron chi connectivity index (χ3n) is 0.225. The van der Waals surface area contributed by atoms with Crippen LogP contribution in [0.15, 0.2) is 0 Å². The highest BCUT2D eigenvalue weighted by molar-refractivity contribution is 6.46. The molecule has 0 saturated carbocycles. The summed E-state index contributed by atoms with van der Waals surface area (Å²) in [5.41, 5.74) is 0. The van der Waals surface area contributed by atoms with Crippen molar-refractivity contribution >= 4 is 30.5 Å². The molecule has 0 amide bonds. The van der Waals surface area contributed by atoms with Gasteiger partial charge in [0.15, 0.2) is 5.02 Å². The molecule has 0 aliphatic carbocycles. The Bertz CT molecular complexity index is 42.2. The van der Waals surface area contributed by atoms with Gasteiger partial charge in [-0.05, 0) is 0 Å². The van der Waals surface area contributed by atoms with Crippen molar-refractivity contribution in [1.82, 2.24) is 0 Å². The molecule has 6 heteroatoms. The second kappa shape index (κ2) is 3.52. The van der Waals surface area contributed by atoms with E-state index in [0.717, 1.165) is 0 Å². The highest BCUT2D eigenvalue weighted by Crippen LogP contribution is 2.01. The second-order valence-electron chi connectivity index (χ2n) is 0.723. The minimum atomic E-state index is -1.89. The third-order valence-corrected chi connectivity index (χ3v) is 0.430. The summed E-state index contributed by atoms with van der Waals surface area (Å²) in [5, 5.41) is 14.6.